The minimum absolute atomic E-state index is 0.144. The molecule has 0 amide bonds. The molecule has 0 spiro atoms. The first-order valence-electron chi connectivity index (χ1n) is 6.56. The summed E-state index contributed by atoms with van der Waals surface area (Å²) in [7, 11) is 0. The Labute approximate surface area is 128 Å². The monoisotopic (exact) mass is 330 g/mol. The molecule has 0 unspecified atom stereocenters. The molecular formula is C14H13F3N2O4. The quantitative estimate of drug-likeness (QED) is 0.672. The van der Waals surface area contributed by atoms with Crippen molar-refractivity contribution < 1.29 is 27.7 Å². The van der Waals surface area contributed by atoms with E-state index in [0.29, 0.717) is 0 Å². The number of hydrogen-bond donors (Lipinski definition) is 1. The van der Waals surface area contributed by atoms with Crippen LogP contribution in [0.4, 0.5) is 18.9 Å². The van der Waals surface area contributed by atoms with Gasteiger partial charge < -0.3 is 9.63 Å². The second kappa shape index (κ2) is 5.99. The van der Waals surface area contributed by atoms with Crippen LogP contribution in [0.15, 0.2) is 34.9 Å². The summed E-state index contributed by atoms with van der Waals surface area (Å²) in [6.45, 7) is 1.25. The van der Waals surface area contributed by atoms with Gasteiger partial charge in [-0.25, -0.2) is 0 Å². The molecule has 1 N–H and O–H groups in total. The average molecular weight is 330 g/mol. The summed E-state index contributed by atoms with van der Waals surface area (Å²) < 4.78 is 44.6. The van der Waals surface area contributed by atoms with Crippen LogP contribution in [0, 0.1) is 17.0 Å². The lowest BCUT2D eigenvalue weighted by molar-refractivity contribution is -0.387. The normalized spacial score (nSPS) is 14.5. The summed E-state index contributed by atoms with van der Waals surface area (Å²) >= 11 is 0. The number of aryl methyl sites for hydroxylation is 1. The molecule has 1 atom stereocenters. The van der Waals surface area contributed by atoms with E-state index in [2.05, 4.69) is 9.68 Å². The van der Waals surface area contributed by atoms with Crippen LogP contribution in [0.1, 0.15) is 17.0 Å². The molecule has 23 heavy (non-hydrogen) atoms. The van der Waals surface area contributed by atoms with Crippen LogP contribution in [0.3, 0.4) is 0 Å². The molecule has 1 aromatic carbocycles. The summed E-state index contributed by atoms with van der Waals surface area (Å²) in [6.07, 6.45) is -6.85. The Morgan fingerprint density at radius 3 is 2.39 bits per heavy atom. The maximum Gasteiger partial charge on any atom is 0.417 e. The number of halogens is 3. The highest BCUT2D eigenvalue weighted by Crippen LogP contribution is 2.38. The van der Waals surface area contributed by atoms with E-state index >= 15 is 0 Å². The Kier molecular flexibility index (Phi) is 4.42. The molecule has 0 radical (unpaired) electrons. The van der Waals surface area contributed by atoms with E-state index in [-0.39, 0.29) is 11.3 Å². The lowest BCUT2D eigenvalue weighted by Crippen LogP contribution is -2.49. The first kappa shape index (κ1) is 16.9. The van der Waals surface area contributed by atoms with Crippen molar-refractivity contribution >= 4 is 5.69 Å². The van der Waals surface area contributed by atoms with Gasteiger partial charge in [0, 0.05) is 6.42 Å². The molecule has 2 aromatic rings. The average Bonchev–Trinajstić information content (AvgIpc) is 2.79. The van der Waals surface area contributed by atoms with Gasteiger partial charge in [-0.1, -0.05) is 35.5 Å². The van der Waals surface area contributed by atoms with E-state index in [4.69, 9.17) is 0 Å². The molecule has 9 heteroatoms. The van der Waals surface area contributed by atoms with Crippen LogP contribution in [-0.2, 0) is 12.8 Å². The van der Waals surface area contributed by atoms with Crippen molar-refractivity contribution in [2.24, 2.45) is 0 Å². The third kappa shape index (κ3) is 3.50. The lowest BCUT2D eigenvalue weighted by atomic mass is 9.89. The van der Waals surface area contributed by atoms with Crippen molar-refractivity contribution in [3.63, 3.8) is 0 Å². The molecule has 0 saturated heterocycles. The Hall–Kier alpha value is -2.42. The molecule has 0 saturated carbocycles. The summed E-state index contributed by atoms with van der Waals surface area (Å²) in [5.41, 5.74) is -3.76. The third-order valence-corrected chi connectivity index (χ3v) is 3.40. The Morgan fingerprint density at radius 2 is 1.87 bits per heavy atom. The van der Waals surface area contributed by atoms with Gasteiger partial charge in [0.2, 0.25) is 5.76 Å². The van der Waals surface area contributed by atoms with E-state index < -0.39 is 41.0 Å². The van der Waals surface area contributed by atoms with Crippen molar-refractivity contribution in [1.82, 2.24) is 5.16 Å². The number of alkyl halides is 3. The number of aromatic nitrogens is 1. The zero-order valence-corrected chi connectivity index (χ0v) is 12.0. The van der Waals surface area contributed by atoms with E-state index in [1.54, 1.807) is 6.07 Å². The van der Waals surface area contributed by atoms with Crippen LogP contribution < -0.4 is 0 Å². The fraction of sp³-hybridized carbons (Fsp3) is 0.357. The van der Waals surface area contributed by atoms with E-state index in [9.17, 15) is 28.4 Å². The van der Waals surface area contributed by atoms with Crippen molar-refractivity contribution in [1.29, 1.82) is 0 Å². The number of hydrogen-bond acceptors (Lipinski definition) is 5. The van der Waals surface area contributed by atoms with Gasteiger partial charge in [0.1, 0.15) is 0 Å². The van der Waals surface area contributed by atoms with E-state index in [1.807, 2.05) is 0 Å². The molecule has 0 fully saturated rings. The minimum atomic E-state index is -5.00. The van der Waals surface area contributed by atoms with Gasteiger partial charge in [-0.15, -0.1) is 0 Å². The Balaban J connectivity index is 2.39. The highest BCUT2D eigenvalue weighted by atomic mass is 19.4. The number of aliphatic hydroxyl groups is 1. The van der Waals surface area contributed by atoms with Crippen LogP contribution in [-0.4, -0.2) is 27.0 Å². The second-order valence-electron chi connectivity index (χ2n) is 5.17. The van der Waals surface area contributed by atoms with Crippen molar-refractivity contribution in [2.45, 2.75) is 31.5 Å². The van der Waals surface area contributed by atoms with E-state index in [1.165, 1.54) is 31.2 Å². The maximum atomic E-state index is 13.3. The Bertz CT molecular complexity index is 700. The number of nitro groups is 1. The topological polar surface area (TPSA) is 89.4 Å². The van der Waals surface area contributed by atoms with Crippen LogP contribution in [0.5, 0.6) is 0 Å². The molecule has 124 valence electrons. The highest BCUT2D eigenvalue weighted by molar-refractivity contribution is 5.38. The van der Waals surface area contributed by atoms with Crippen molar-refractivity contribution in [3.05, 3.63) is 57.5 Å². The zero-order valence-electron chi connectivity index (χ0n) is 12.0. The fourth-order valence-electron chi connectivity index (χ4n) is 2.22. The van der Waals surface area contributed by atoms with Gasteiger partial charge in [-0.3, -0.25) is 10.1 Å². The lowest BCUT2D eigenvalue weighted by Gasteiger charge is -2.29. The van der Waals surface area contributed by atoms with Crippen LogP contribution in [0.2, 0.25) is 0 Å². The first-order valence-corrected chi connectivity index (χ1v) is 6.56. The van der Waals surface area contributed by atoms with E-state index in [0.717, 1.165) is 0 Å². The Morgan fingerprint density at radius 1 is 1.26 bits per heavy atom. The predicted octanol–water partition coefficient (Wildman–Crippen LogP) is 2.97. The van der Waals surface area contributed by atoms with Gasteiger partial charge in [-0.05, 0) is 12.5 Å². The molecule has 1 aromatic heterocycles. The zero-order chi connectivity index (χ0) is 17.3. The SMILES string of the molecule is Cc1noc(C[C@@](O)(Cc2ccccc2)C(F)(F)F)c1[N+](=O)[O-]. The molecular weight excluding hydrogens is 317 g/mol. The summed E-state index contributed by atoms with van der Waals surface area (Å²) in [5.74, 6) is -0.608. The number of nitrogens with zero attached hydrogens (tertiary/aromatic N) is 2. The van der Waals surface area contributed by atoms with Gasteiger partial charge in [0.05, 0.1) is 11.3 Å². The molecule has 6 nitrogen and oxygen atoms in total. The van der Waals surface area contributed by atoms with Crippen molar-refractivity contribution in [2.75, 3.05) is 0 Å². The second-order valence-corrected chi connectivity index (χ2v) is 5.17. The molecule has 0 aliphatic rings. The van der Waals surface area contributed by atoms with Crippen LogP contribution >= 0.6 is 0 Å². The molecule has 2 rings (SSSR count). The smallest absolute Gasteiger partial charge is 0.380 e. The molecule has 0 bridgehead atoms. The summed E-state index contributed by atoms with van der Waals surface area (Å²) in [6, 6.07) is 7.55. The van der Waals surface area contributed by atoms with Gasteiger partial charge >= 0.3 is 11.9 Å². The van der Waals surface area contributed by atoms with Crippen LogP contribution in [0.25, 0.3) is 0 Å². The van der Waals surface area contributed by atoms with Crippen molar-refractivity contribution in [3.8, 4) is 0 Å². The molecule has 0 aliphatic carbocycles. The summed E-state index contributed by atoms with van der Waals surface area (Å²) in [5, 5.41) is 24.4. The highest BCUT2D eigenvalue weighted by Gasteiger charge is 2.55. The number of rotatable bonds is 5. The molecule has 1 heterocycles. The summed E-state index contributed by atoms with van der Waals surface area (Å²) in [4.78, 5) is 10.1. The standard InChI is InChI=1S/C14H13F3N2O4/c1-9-12(19(21)22)11(23-18-9)8-13(20,14(15,16)17)7-10-5-3-2-4-6-10/h2-6,20H,7-8H2,1H3/t13-/m0/s1. The minimum Gasteiger partial charge on any atom is -0.380 e. The first-order chi connectivity index (χ1) is 10.6. The van der Waals surface area contributed by atoms with Gasteiger partial charge in [-0.2, -0.15) is 13.2 Å². The molecule has 0 aliphatic heterocycles. The maximum absolute atomic E-state index is 13.3. The third-order valence-electron chi connectivity index (χ3n) is 3.40. The fourth-order valence-corrected chi connectivity index (χ4v) is 2.22. The van der Waals surface area contributed by atoms with Gasteiger partial charge in [0.25, 0.3) is 0 Å². The van der Waals surface area contributed by atoms with Gasteiger partial charge in [0.15, 0.2) is 11.3 Å². The number of benzene rings is 1. The predicted molar refractivity (Wildman–Crippen MR) is 72.7 cm³/mol. The largest absolute Gasteiger partial charge is 0.417 e.